The molecule has 1 heterocycles. The van der Waals surface area contributed by atoms with E-state index < -0.39 is 17.9 Å². The summed E-state index contributed by atoms with van der Waals surface area (Å²) in [6.45, 7) is 1.89. The Balaban J connectivity index is 1.46. The Morgan fingerprint density at radius 2 is 1.73 bits per heavy atom. The summed E-state index contributed by atoms with van der Waals surface area (Å²) in [5.74, 6) is -1.96. The predicted octanol–water partition coefficient (Wildman–Crippen LogP) is 4.27. The van der Waals surface area contributed by atoms with Gasteiger partial charge >= 0.3 is 0 Å². The van der Waals surface area contributed by atoms with E-state index in [9.17, 15) is 28.2 Å². The molecule has 1 aliphatic carbocycles. The maximum atomic E-state index is 14.0. The van der Waals surface area contributed by atoms with Gasteiger partial charge in [-0.3, -0.25) is 4.79 Å². The highest BCUT2D eigenvalue weighted by atomic mass is 19.1. The monoisotopic (exact) mass is 460 g/mol. The zero-order chi connectivity index (χ0) is 23.7. The number of carbonyl (C=O) groups is 1. The van der Waals surface area contributed by atoms with Gasteiger partial charge in [-0.25, -0.2) is 13.2 Å². The number of hydrogen-bond acceptors (Lipinski definition) is 3. The number of aromatic nitrogens is 1. The molecule has 4 rings (SSSR count). The molecule has 1 amide bonds. The number of rotatable bonds is 6. The van der Waals surface area contributed by atoms with Crippen LogP contribution in [-0.4, -0.2) is 27.0 Å². The van der Waals surface area contributed by atoms with E-state index in [0.29, 0.717) is 12.8 Å². The Labute approximate surface area is 189 Å². The number of aliphatic hydroxyl groups excluding tert-OH is 1. The lowest BCUT2D eigenvalue weighted by molar-refractivity contribution is -0.126. The van der Waals surface area contributed by atoms with Gasteiger partial charge in [0.25, 0.3) is 0 Å². The van der Waals surface area contributed by atoms with Crippen molar-refractivity contribution in [1.29, 1.82) is 0 Å². The summed E-state index contributed by atoms with van der Waals surface area (Å²) in [6.07, 6.45) is 1.18. The third kappa shape index (κ3) is 4.91. The molecule has 0 atom stereocenters. The number of fused-ring (bicyclic) bond motifs is 1. The van der Waals surface area contributed by atoms with Crippen molar-refractivity contribution in [3.8, 4) is 0 Å². The number of aliphatic hydroxyl groups is 2. The van der Waals surface area contributed by atoms with Crippen molar-refractivity contribution < 1.29 is 28.2 Å². The zero-order valence-electron chi connectivity index (χ0n) is 18.3. The number of hydrogen-bond donors (Lipinski definition) is 3. The van der Waals surface area contributed by atoms with Crippen LogP contribution in [0.25, 0.3) is 10.9 Å². The molecule has 176 valence electrons. The first-order valence-electron chi connectivity index (χ1n) is 11.1. The third-order valence-corrected chi connectivity index (χ3v) is 6.65. The van der Waals surface area contributed by atoms with Crippen LogP contribution < -0.4 is 5.32 Å². The fourth-order valence-corrected chi connectivity index (χ4v) is 5.03. The van der Waals surface area contributed by atoms with Crippen molar-refractivity contribution in [3.63, 3.8) is 0 Å². The van der Waals surface area contributed by atoms with Gasteiger partial charge in [0.2, 0.25) is 5.91 Å². The summed E-state index contributed by atoms with van der Waals surface area (Å²) in [7, 11) is 0. The van der Waals surface area contributed by atoms with Crippen LogP contribution in [-0.2, 0) is 17.9 Å². The van der Waals surface area contributed by atoms with Crippen molar-refractivity contribution in [1.82, 2.24) is 9.88 Å². The van der Waals surface area contributed by atoms with E-state index in [1.54, 1.807) is 10.6 Å². The minimum Gasteiger partial charge on any atom is -0.367 e. The maximum absolute atomic E-state index is 14.0. The Hall–Kier alpha value is -2.84. The molecule has 33 heavy (non-hydrogen) atoms. The second-order valence-electron chi connectivity index (χ2n) is 8.75. The normalized spacial score (nSPS) is 18.8. The van der Waals surface area contributed by atoms with Crippen LogP contribution in [0.1, 0.15) is 48.4 Å². The fourth-order valence-electron chi connectivity index (χ4n) is 5.03. The van der Waals surface area contributed by atoms with Crippen molar-refractivity contribution in [2.24, 2.45) is 5.92 Å². The van der Waals surface area contributed by atoms with Crippen LogP contribution in [0.2, 0.25) is 0 Å². The molecule has 0 aliphatic heterocycles. The van der Waals surface area contributed by atoms with E-state index in [1.807, 2.05) is 6.92 Å². The Morgan fingerprint density at radius 1 is 1.06 bits per heavy atom. The Kier molecular flexibility index (Phi) is 6.76. The SMILES string of the molecule is Cc1c(C2CCC(C(=O)NCc3ccc(F)cc3F)CC2)c2cc(F)ccc2n1CC(O)O. The number of nitrogens with zero attached hydrogens (tertiary/aromatic N) is 1. The smallest absolute Gasteiger partial charge is 0.223 e. The molecule has 0 bridgehead atoms. The lowest BCUT2D eigenvalue weighted by Gasteiger charge is -2.28. The van der Waals surface area contributed by atoms with Crippen LogP contribution in [0.15, 0.2) is 36.4 Å². The van der Waals surface area contributed by atoms with E-state index >= 15 is 0 Å². The highest BCUT2D eigenvalue weighted by Crippen LogP contribution is 2.41. The molecule has 1 aliphatic rings. The summed E-state index contributed by atoms with van der Waals surface area (Å²) in [6, 6.07) is 7.77. The molecule has 3 N–H and O–H groups in total. The molecule has 5 nitrogen and oxygen atoms in total. The number of amides is 1. The lowest BCUT2D eigenvalue weighted by Crippen LogP contribution is -2.32. The molecule has 0 saturated heterocycles. The molecular weight excluding hydrogens is 433 g/mol. The van der Waals surface area contributed by atoms with Gasteiger partial charge in [0.15, 0.2) is 6.29 Å². The first kappa shape index (κ1) is 23.3. The molecule has 2 aromatic carbocycles. The second-order valence-corrected chi connectivity index (χ2v) is 8.75. The number of halogens is 3. The van der Waals surface area contributed by atoms with Gasteiger partial charge < -0.3 is 20.1 Å². The molecule has 0 spiro atoms. The first-order valence-corrected chi connectivity index (χ1v) is 11.1. The minimum atomic E-state index is -1.53. The van der Waals surface area contributed by atoms with Gasteiger partial charge in [0.05, 0.1) is 6.54 Å². The van der Waals surface area contributed by atoms with Crippen LogP contribution in [0, 0.1) is 30.3 Å². The predicted molar refractivity (Wildman–Crippen MR) is 118 cm³/mol. The van der Waals surface area contributed by atoms with Crippen LogP contribution >= 0.6 is 0 Å². The van der Waals surface area contributed by atoms with Crippen molar-refractivity contribution in [3.05, 3.63) is 70.7 Å². The number of nitrogens with one attached hydrogen (secondary N) is 1. The topological polar surface area (TPSA) is 74.5 Å². The van der Waals surface area contributed by atoms with Gasteiger partial charge in [-0.05, 0) is 68.4 Å². The zero-order valence-corrected chi connectivity index (χ0v) is 18.3. The summed E-state index contributed by atoms with van der Waals surface area (Å²) >= 11 is 0. The average molecular weight is 460 g/mol. The molecule has 8 heteroatoms. The quantitative estimate of drug-likeness (QED) is 0.481. The Bertz CT molecular complexity index is 1170. The van der Waals surface area contributed by atoms with E-state index in [0.717, 1.165) is 47.1 Å². The number of benzene rings is 2. The fraction of sp³-hybridized carbons (Fsp3) is 0.400. The van der Waals surface area contributed by atoms with E-state index in [1.165, 1.54) is 18.2 Å². The summed E-state index contributed by atoms with van der Waals surface area (Å²) < 4.78 is 42.7. The second kappa shape index (κ2) is 9.57. The van der Waals surface area contributed by atoms with Crippen LogP contribution in [0.4, 0.5) is 13.2 Å². The molecule has 3 aromatic rings. The third-order valence-electron chi connectivity index (χ3n) is 6.65. The molecule has 0 unspecified atom stereocenters. The average Bonchev–Trinajstić information content (AvgIpc) is 3.03. The van der Waals surface area contributed by atoms with Gasteiger partial charge in [0, 0.05) is 40.7 Å². The summed E-state index contributed by atoms with van der Waals surface area (Å²) in [4.78, 5) is 12.6. The highest BCUT2D eigenvalue weighted by molar-refractivity contribution is 5.86. The van der Waals surface area contributed by atoms with Crippen molar-refractivity contribution in [2.75, 3.05) is 0 Å². The van der Waals surface area contributed by atoms with Gasteiger partial charge in [-0.15, -0.1) is 0 Å². The van der Waals surface area contributed by atoms with Gasteiger partial charge in [-0.2, -0.15) is 0 Å². The lowest BCUT2D eigenvalue weighted by atomic mass is 9.77. The highest BCUT2D eigenvalue weighted by Gasteiger charge is 2.30. The summed E-state index contributed by atoms with van der Waals surface area (Å²) in [5, 5.41) is 22.5. The maximum Gasteiger partial charge on any atom is 0.223 e. The standard InChI is InChI=1S/C25H27F3N2O3/c1-14-24(20-10-18(26)8-9-22(20)30(14)13-23(31)32)15-2-4-16(5-3-15)25(33)29-12-17-6-7-19(27)11-21(17)28/h6-11,15-16,23,31-32H,2-5,12-13H2,1H3,(H,29,33). The molecule has 1 saturated carbocycles. The van der Waals surface area contributed by atoms with E-state index in [4.69, 9.17) is 0 Å². The minimum absolute atomic E-state index is 0.000233. The van der Waals surface area contributed by atoms with E-state index in [-0.39, 0.29) is 42.2 Å². The summed E-state index contributed by atoms with van der Waals surface area (Å²) in [5.41, 5.74) is 2.83. The molecular formula is C25H27F3N2O3. The van der Waals surface area contributed by atoms with Gasteiger partial charge in [-0.1, -0.05) is 6.07 Å². The van der Waals surface area contributed by atoms with E-state index in [2.05, 4.69) is 5.32 Å². The Morgan fingerprint density at radius 3 is 2.39 bits per heavy atom. The van der Waals surface area contributed by atoms with Crippen LogP contribution in [0.5, 0.6) is 0 Å². The molecule has 1 aromatic heterocycles. The largest absolute Gasteiger partial charge is 0.367 e. The number of carbonyl (C=O) groups excluding carboxylic acids is 1. The molecule has 0 radical (unpaired) electrons. The first-order chi connectivity index (χ1) is 15.7. The van der Waals surface area contributed by atoms with Crippen molar-refractivity contribution in [2.45, 2.75) is 57.9 Å². The van der Waals surface area contributed by atoms with Crippen LogP contribution in [0.3, 0.4) is 0 Å². The molecule has 1 fully saturated rings. The van der Waals surface area contributed by atoms with Gasteiger partial charge in [0.1, 0.15) is 17.5 Å². The van der Waals surface area contributed by atoms with Crippen molar-refractivity contribution >= 4 is 16.8 Å².